The first-order valence-electron chi connectivity index (χ1n) is 9.26. The number of aryl methyl sites for hydroxylation is 2. The Labute approximate surface area is 164 Å². The van der Waals surface area contributed by atoms with Crippen molar-refractivity contribution in [2.45, 2.75) is 25.9 Å². The molecule has 2 aromatic heterocycles. The number of hydrogen-bond acceptors (Lipinski definition) is 7. The summed E-state index contributed by atoms with van der Waals surface area (Å²) in [6.45, 7) is -0.00549. The summed E-state index contributed by atoms with van der Waals surface area (Å²) < 4.78 is 12.3. The highest BCUT2D eigenvalue weighted by Gasteiger charge is 2.16. The SMILES string of the molecule is O=C(OCc1cc(=O)oc2cc3c(cc12)CCC3)c1ccc(-n2cnnn2)cc1. The third-order valence-corrected chi connectivity index (χ3v) is 5.12. The van der Waals surface area contributed by atoms with Crippen molar-refractivity contribution in [3.05, 3.63) is 81.5 Å². The molecule has 0 fully saturated rings. The molecule has 2 heterocycles. The Kier molecular flexibility index (Phi) is 4.16. The van der Waals surface area contributed by atoms with Gasteiger partial charge in [0.05, 0.1) is 11.3 Å². The maximum Gasteiger partial charge on any atom is 0.338 e. The predicted octanol–water partition coefficient (Wildman–Crippen LogP) is 2.61. The Morgan fingerprint density at radius 2 is 1.90 bits per heavy atom. The third-order valence-electron chi connectivity index (χ3n) is 5.12. The molecule has 0 unspecified atom stereocenters. The molecule has 0 radical (unpaired) electrons. The van der Waals surface area contributed by atoms with Crippen LogP contribution in [0.4, 0.5) is 0 Å². The molecule has 4 aromatic rings. The molecule has 144 valence electrons. The second kappa shape index (κ2) is 6.97. The first-order valence-corrected chi connectivity index (χ1v) is 9.26. The molecule has 0 atom stereocenters. The summed E-state index contributed by atoms with van der Waals surface area (Å²) in [5.74, 6) is -0.476. The Morgan fingerprint density at radius 3 is 2.66 bits per heavy atom. The second-order valence-corrected chi connectivity index (χ2v) is 6.94. The maximum atomic E-state index is 12.5. The van der Waals surface area contributed by atoms with E-state index >= 15 is 0 Å². The van der Waals surface area contributed by atoms with Crippen LogP contribution in [0, 0.1) is 0 Å². The van der Waals surface area contributed by atoms with Crippen LogP contribution in [0.5, 0.6) is 0 Å². The van der Waals surface area contributed by atoms with Gasteiger partial charge in [-0.2, -0.15) is 0 Å². The van der Waals surface area contributed by atoms with Crippen molar-refractivity contribution in [1.29, 1.82) is 0 Å². The van der Waals surface area contributed by atoms with Gasteiger partial charge in [-0.15, -0.1) is 5.10 Å². The van der Waals surface area contributed by atoms with Crippen LogP contribution in [0.1, 0.15) is 33.5 Å². The van der Waals surface area contributed by atoms with Gasteiger partial charge in [-0.05, 0) is 77.2 Å². The predicted molar refractivity (Wildman–Crippen MR) is 103 cm³/mol. The molecule has 1 aliphatic rings. The zero-order valence-electron chi connectivity index (χ0n) is 15.4. The zero-order chi connectivity index (χ0) is 19.8. The minimum atomic E-state index is -0.476. The molecule has 8 nitrogen and oxygen atoms in total. The Balaban J connectivity index is 1.37. The molecule has 0 amide bonds. The van der Waals surface area contributed by atoms with E-state index in [0.29, 0.717) is 16.7 Å². The van der Waals surface area contributed by atoms with E-state index in [-0.39, 0.29) is 6.61 Å². The number of aromatic nitrogens is 4. The van der Waals surface area contributed by atoms with Gasteiger partial charge in [0, 0.05) is 17.0 Å². The van der Waals surface area contributed by atoms with Crippen LogP contribution in [-0.2, 0) is 24.2 Å². The lowest BCUT2D eigenvalue weighted by molar-refractivity contribution is 0.0474. The lowest BCUT2D eigenvalue weighted by Gasteiger charge is -2.09. The number of nitrogens with zero attached hydrogens (tertiary/aromatic N) is 4. The van der Waals surface area contributed by atoms with Crippen molar-refractivity contribution in [2.24, 2.45) is 0 Å². The topological polar surface area (TPSA) is 100 Å². The number of ether oxygens (including phenoxy) is 1. The van der Waals surface area contributed by atoms with Crippen LogP contribution < -0.4 is 5.63 Å². The van der Waals surface area contributed by atoms with Gasteiger partial charge < -0.3 is 9.15 Å². The molecular formula is C21H16N4O4. The van der Waals surface area contributed by atoms with E-state index in [2.05, 4.69) is 15.5 Å². The smallest absolute Gasteiger partial charge is 0.338 e. The van der Waals surface area contributed by atoms with Crippen molar-refractivity contribution in [2.75, 3.05) is 0 Å². The van der Waals surface area contributed by atoms with Gasteiger partial charge in [0.25, 0.3) is 0 Å². The molecule has 0 spiro atoms. The summed E-state index contributed by atoms with van der Waals surface area (Å²) in [4.78, 5) is 24.4. The largest absolute Gasteiger partial charge is 0.457 e. The van der Waals surface area contributed by atoms with Crippen LogP contribution in [0.3, 0.4) is 0 Å². The normalized spacial score (nSPS) is 12.8. The van der Waals surface area contributed by atoms with Crippen LogP contribution >= 0.6 is 0 Å². The van der Waals surface area contributed by atoms with Gasteiger partial charge in [0.2, 0.25) is 0 Å². The van der Waals surface area contributed by atoms with Crippen LogP contribution in [0.25, 0.3) is 16.7 Å². The Morgan fingerprint density at radius 1 is 1.10 bits per heavy atom. The average molecular weight is 388 g/mol. The second-order valence-electron chi connectivity index (χ2n) is 6.94. The molecule has 2 aromatic carbocycles. The number of tetrazole rings is 1. The van der Waals surface area contributed by atoms with E-state index in [0.717, 1.165) is 30.3 Å². The number of carbonyl (C=O) groups excluding carboxylic acids is 1. The van der Waals surface area contributed by atoms with Gasteiger partial charge in [0.1, 0.15) is 18.5 Å². The quantitative estimate of drug-likeness (QED) is 0.391. The number of carbonyl (C=O) groups is 1. The molecule has 0 N–H and O–H groups in total. The summed E-state index contributed by atoms with van der Waals surface area (Å²) in [5, 5.41) is 11.8. The molecule has 0 saturated heterocycles. The summed E-state index contributed by atoms with van der Waals surface area (Å²) >= 11 is 0. The highest BCUT2D eigenvalue weighted by molar-refractivity contribution is 5.90. The van der Waals surface area contributed by atoms with Crippen molar-refractivity contribution >= 4 is 16.9 Å². The van der Waals surface area contributed by atoms with Gasteiger partial charge in [-0.1, -0.05) is 0 Å². The van der Waals surface area contributed by atoms with Crippen LogP contribution in [-0.4, -0.2) is 26.2 Å². The molecule has 0 aliphatic heterocycles. The Bertz CT molecular complexity index is 1260. The number of esters is 1. The van der Waals surface area contributed by atoms with Gasteiger partial charge in [-0.25, -0.2) is 14.3 Å². The fourth-order valence-corrected chi connectivity index (χ4v) is 3.67. The fourth-order valence-electron chi connectivity index (χ4n) is 3.67. The maximum absolute atomic E-state index is 12.5. The van der Waals surface area contributed by atoms with E-state index in [1.165, 1.54) is 28.2 Å². The fraction of sp³-hybridized carbons (Fsp3) is 0.190. The summed E-state index contributed by atoms with van der Waals surface area (Å²) in [7, 11) is 0. The van der Waals surface area contributed by atoms with E-state index in [1.54, 1.807) is 24.3 Å². The first-order chi connectivity index (χ1) is 14.2. The molecule has 5 rings (SSSR count). The minimum Gasteiger partial charge on any atom is -0.457 e. The monoisotopic (exact) mass is 388 g/mol. The molecule has 0 saturated carbocycles. The number of benzene rings is 2. The Hall–Kier alpha value is -3.81. The van der Waals surface area contributed by atoms with Crippen molar-refractivity contribution < 1.29 is 13.9 Å². The van der Waals surface area contributed by atoms with Crippen LogP contribution in [0.15, 0.2) is 58.0 Å². The van der Waals surface area contributed by atoms with Crippen LogP contribution in [0.2, 0.25) is 0 Å². The molecule has 1 aliphatic carbocycles. The zero-order valence-corrected chi connectivity index (χ0v) is 15.4. The molecule has 29 heavy (non-hydrogen) atoms. The minimum absolute atomic E-state index is 0.00549. The lowest BCUT2D eigenvalue weighted by atomic mass is 10.0. The van der Waals surface area contributed by atoms with Gasteiger partial charge >= 0.3 is 11.6 Å². The number of rotatable bonds is 4. The highest BCUT2D eigenvalue weighted by Crippen LogP contribution is 2.28. The third kappa shape index (κ3) is 3.29. The summed E-state index contributed by atoms with van der Waals surface area (Å²) in [6, 6.07) is 12.1. The van der Waals surface area contributed by atoms with E-state index in [1.807, 2.05) is 12.1 Å². The van der Waals surface area contributed by atoms with E-state index < -0.39 is 11.6 Å². The highest BCUT2D eigenvalue weighted by atomic mass is 16.5. The molecular weight excluding hydrogens is 372 g/mol. The van der Waals surface area contributed by atoms with Crippen molar-refractivity contribution in [3.63, 3.8) is 0 Å². The van der Waals surface area contributed by atoms with Gasteiger partial charge in [-0.3, -0.25) is 0 Å². The standard InChI is InChI=1S/C21H16N4O4/c26-20-10-16(18-8-14-2-1-3-15(14)9-19(18)29-20)11-28-21(27)13-4-6-17(7-5-13)25-12-22-23-24-25/h4-10,12H,1-3,11H2. The van der Waals surface area contributed by atoms with Crippen molar-refractivity contribution in [1.82, 2.24) is 20.2 Å². The van der Waals surface area contributed by atoms with E-state index in [9.17, 15) is 9.59 Å². The molecule has 8 heteroatoms. The van der Waals surface area contributed by atoms with E-state index in [4.69, 9.17) is 9.15 Å². The molecule has 0 bridgehead atoms. The average Bonchev–Trinajstić information content (AvgIpc) is 3.42. The summed E-state index contributed by atoms with van der Waals surface area (Å²) in [5.41, 5.74) is 4.34. The lowest BCUT2D eigenvalue weighted by Crippen LogP contribution is -2.08. The summed E-state index contributed by atoms with van der Waals surface area (Å²) in [6.07, 6.45) is 4.57. The van der Waals surface area contributed by atoms with Gasteiger partial charge in [0.15, 0.2) is 0 Å². The van der Waals surface area contributed by atoms with Crippen molar-refractivity contribution in [3.8, 4) is 5.69 Å². The number of fused-ring (bicyclic) bond motifs is 2. The first kappa shape index (κ1) is 17.3. The number of hydrogen-bond donors (Lipinski definition) is 0.